The topological polar surface area (TPSA) is 83.5 Å². The van der Waals surface area contributed by atoms with Gasteiger partial charge in [-0.25, -0.2) is 4.98 Å². The van der Waals surface area contributed by atoms with Crippen LogP contribution in [-0.2, 0) is 0 Å². The standard InChI is InChI=1S/C20H37N3O3S/c1-6-8-15(9-7-2)10-11-21-18(25)17-13-22-19(27-17)26-14-16(24)12-23-20(3,4)5/h13,15-16,23-24H,6-12,14H2,1-5H3,(H,21,25). The van der Waals surface area contributed by atoms with E-state index >= 15 is 0 Å². The molecule has 0 fully saturated rings. The number of rotatable bonds is 13. The van der Waals surface area contributed by atoms with Crippen LogP contribution < -0.4 is 15.4 Å². The molecule has 0 spiro atoms. The summed E-state index contributed by atoms with van der Waals surface area (Å²) in [6.45, 7) is 11.8. The van der Waals surface area contributed by atoms with Crippen LogP contribution in [0.2, 0.25) is 0 Å². The molecular weight excluding hydrogens is 362 g/mol. The highest BCUT2D eigenvalue weighted by atomic mass is 32.1. The monoisotopic (exact) mass is 399 g/mol. The number of nitrogens with one attached hydrogen (secondary N) is 2. The number of aliphatic hydroxyl groups is 1. The maximum absolute atomic E-state index is 12.3. The fraction of sp³-hybridized carbons (Fsp3) is 0.800. The summed E-state index contributed by atoms with van der Waals surface area (Å²) >= 11 is 1.21. The predicted octanol–water partition coefficient (Wildman–Crippen LogP) is 3.61. The maximum atomic E-state index is 12.3. The highest BCUT2D eigenvalue weighted by Crippen LogP contribution is 2.21. The van der Waals surface area contributed by atoms with Crippen LogP contribution in [0.25, 0.3) is 0 Å². The second-order valence-electron chi connectivity index (χ2n) is 8.07. The molecule has 1 atom stereocenters. The van der Waals surface area contributed by atoms with E-state index < -0.39 is 6.10 Å². The van der Waals surface area contributed by atoms with Gasteiger partial charge in [0.25, 0.3) is 11.1 Å². The number of amides is 1. The van der Waals surface area contributed by atoms with Gasteiger partial charge in [0.1, 0.15) is 17.6 Å². The average Bonchev–Trinajstić information content (AvgIpc) is 3.07. The Bertz CT molecular complexity index is 537. The molecule has 0 bridgehead atoms. The lowest BCUT2D eigenvalue weighted by atomic mass is 9.95. The zero-order valence-corrected chi connectivity index (χ0v) is 18.3. The van der Waals surface area contributed by atoms with Gasteiger partial charge in [0.05, 0.1) is 6.20 Å². The lowest BCUT2D eigenvalue weighted by molar-refractivity contribution is 0.0954. The van der Waals surface area contributed by atoms with Gasteiger partial charge in [-0.15, -0.1) is 0 Å². The molecule has 27 heavy (non-hydrogen) atoms. The molecule has 156 valence electrons. The molecule has 0 aromatic carbocycles. The second kappa shape index (κ2) is 12.3. The molecule has 1 amide bonds. The first-order valence-corrected chi connectivity index (χ1v) is 10.9. The van der Waals surface area contributed by atoms with Gasteiger partial charge in [-0.3, -0.25) is 4.79 Å². The number of hydrogen-bond acceptors (Lipinski definition) is 6. The number of ether oxygens (including phenoxy) is 1. The van der Waals surface area contributed by atoms with E-state index in [1.165, 1.54) is 43.2 Å². The maximum Gasteiger partial charge on any atom is 0.273 e. The van der Waals surface area contributed by atoms with Crippen molar-refractivity contribution in [1.82, 2.24) is 15.6 Å². The molecule has 1 aromatic heterocycles. The first kappa shape index (κ1) is 23.9. The van der Waals surface area contributed by atoms with Crippen molar-refractivity contribution in [2.24, 2.45) is 5.92 Å². The largest absolute Gasteiger partial charge is 0.467 e. The third-order valence-electron chi connectivity index (χ3n) is 4.21. The van der Waals surface area contributed by atoms with Crippen molar-refractivity contribution < 1.29 is 14.6 Å². The van der Waals surface area contributed by atoms with Crippen LogP contribution in [0.5, 0.6) is 5.19 Å². The van der Waals surface area contributed by atoms with Crippen molar-refractivity contribution in [2.75, 3.05) is 19.7 Å². The molecule has 0 saturated carbocycles. The van der Waals surface area contributed by atoms with Crippen LogP contribution in [0.1, 0.15) is 76.4 Å². The Morgan fingerprint density at radius 3 is 2.52 bits per heavy atom. The van der Waals surface area contributed by atoms with Gasteiger partial charge in [0.2, 0.25) is 0 Å². The molecule has 0 aliphatic rings. The van der Waals surface area contributed by atoms with Crippen molar-refractivity contribution in [3.63, 3.8) is 0 Å². The molecule has 1 rings (SSSR count). The first-order chi connectivity index (χ1) is 12.7. The summed E-state index contributed by atoms with van der Waals surface area (Å²) in [5.41, 5.74) is -0.0549. The van der Waals surface area contributed by atoms with Crippen LogP contribution in [0, 0.1) is 5.92 Å². The molecule has 1 unspecified atom stereocenters. The molecule has 7 heteroatoms. The van der Waals surface area contributed by atoms with Crippen LogP contribution in [-0.4, -0.2) is 47.3 Å². The number of thiazole rings is 1. The Morgan fingerprint density at radius 1 is 1.26 bits per heavy atom. The molecule has 0 aliphatic carbocycles. The van der Waals surface area contributed by atoms with Crippen LogP contribution in [0.3, 0.4) is 0 Å². The van der Waals surface area contributed by atoms with Gasteiger partial charge in [-0.05, 0) is 33.1 Å². The summed E-state index contributed by atoms with van der Waals surface area (Å²) in [6.07, 6.45) is 6.73. The fourth-order valence-corrected chi connectivity index (χ4v) is 3.50. The lowest BCUT2D eigenvalue weighted by Crippen LogP contribution is -2.42. The highest BCUT2D eigenvalue weighted by Gasteiger charge is 2.15. The first-order valence-electron chi connectivity index (χ1n) is 10.0. The highest BCUT2D eigenvalue weighted by molar-refractivity contribution is 7.15. The van der Waals surface area contributed by atoms with Gasteiger partial charge in [0, 0.05) is 18.6 Å². The van der Waals surface area contributed by atoms with Crippen LogP contribution >= 0.6 is 11.3 Å². The SMILES string of the molecule is CCCC(CCC)CCNC(=O)c1cnc(OCC(O)CNC(C)(C)C)s1. The molecule has 1 heterocycles. The minimum Gasteiger partial charge on any atom is -0.467 e. The Balaban J connectivity index is 2.34. The molecule has 0 radical (unpaired) electrons. The van der Waals surface area contributed by atoms with Gasteiger partial charge in [0.15, 0.2) is 0 Å². The fourth-order valence-electron chi connectivity index (χ4n) is 2.81. The summed E-state index contributed by atoms with van der Waals surface area (Å²) in [6, 6.07) is 0. The second-order valence-corrected chi connectivity index (χ2v) is 9.07. The Kier molecular flexibility index (Phi) is 10.9. The van der Waals surface area contributed by atoms with E-state index in [0.29, 0.717) is 29.1 Å². The average molecular weight is 400 g/mol. The van der Waals surface area contributed by atoms with Crippen LogP contribution in [0.15, 0.2) is 6.20 Å². The van der Waals surface area contributed by atoms with Gasteiger partial charge < -0.3 is 20.5 Å². The third-order valence-corrected chi connectivity index (χ3v) is 5.12. The molecule has 1 aromatic rings. The van der Waals surface area contributed by atoms with Crippen molar-refractivity contribution in [3.05, 3.63) is 11.1 Å². The summed E-state index contributed by atoms with van der Waals surface area (Å²) < 4.78 is 5.51. The lowest BCUT2D eigenvalue weighted by Gasteiger charge is -2.22. The number of hydrogen-bond donors (Lipinski definition) is 3. The minimum absolute atomic E-state index is 0.0549. The van der Waals surface area contributed by atoms with Crippen molar-refractivity contribution in [1.29, 1.82) is 0 Å². The third kappa shape index (κ3) is 10.7. The predicted molar refractivity (Wildman–Crippen MR) is 112 cm³/mol. The molecular formula is C20H37N3O3S. The number of aliphatic hydroxyl groups excluding tert-OH is 1. The Hall–Kier alpha value is -1.18. The van der Waals surface area contributed by atoms with E-state index in [1.807, 2.05) is 20.8 Å². The molecule has 0 saturated heterocycles. The van der Waals surface area contributed by atoms with E-state index in [1.54, 1.807) is 0 Å². The molecule has 6 nitrogen and oxygen atoms in total. The van der Waals surface area contributed by atoms with Crippen LogP contribution in [0.4, 0.5) is 0 Å². The summed E-state index contributed by atoms with van der Waals surface area (Å²) in [7, 11) is 0. The number of nitrogens with zero attached hydrogens (tertiary/aromatic N) is 1. The van der Waals surface area contributed by atoms with Crippen molar-refractivity contribution in [2.45, 2.75) is 78.4 Å². The zero-order valence-electron chi connectivity index (χ0n) is 17.5. The zero-order chi connectivity index (χ0) is 20.3. The van der Waals surface area contributed by atoms with E-state index in [9.17, 15) is 9.90 Å². The van der Waals surface area contributed by atoms with Crippen molar-refractivity contribution in [3.8, 4) is 5.19 Å². The molecule has 3 N–H and O–H groups in total. The number of carbonyl (C=O) groups excluding carboxylic acids is 1. The van der Waals surface area contributed by atoms with E-state index in [2.05, 4.69) is 29.5 Å². The normalized spacial score (nSPS) is 13.0. The van der Waals surface area contributed by atoms with Gasteiger partial charge in [-0.1, -0.05) is 50.9 Å². The van der Waals surface area contributed by atoms with Gasteiger partial charge >= 0.3 is 0 Å². The van der Waals surface area contributed by atoms with E-state index in [0.717, 1.165) is 6.42 Å². The van der Waals surface area contributed by atoms with Crippen molar-refractivity contribution >= 4 is 17.2 Å². The Morgan fingerprint density at radius 2 is 1.93 bits per heavy atom. The smallest absolute Gasteiger partial charge is 0.273 e. The molecule has 0 aliphatic heterocycles. The summed E-state index contributed by atoms with van der Waals surface area (Å²) in [5.74, 6) is 0.577. The van der Waals surface area contributed by atoms with E-state index in [4.69, 9.17) is 4.74 Å². The van der Waals surface area contributed by atoms with E-state index in [-0.39, 0.29) is 18.1 Å². The number of aromatic nitrogens is 1. The number of β-amino-alcohol motifs (C(OH)–C–C–N with tert-alkyl or cyclic N) is 1. The van der Waals surface area contributed by atoms with Gasteiger partial charge in [-0.2, -0.15) is 0 Å². The Labute approximate surface area is 168 Å². The summed E-state index contributed by atoms with van der Waals surface area (Å²) in [4.78, 5) is 16.9. The number of carbonyl (C=O) groups is 1. The quantitative estimate of drug-likeness (QED) is 0.472. The minimum atomic E-state index is -0.625. The summed E-state index contributed by atoms with van der Waals surface area (Å²) in [5, 5.41) is 16.6.